The summed E-state index contributed by atoms with van der Waals surface area (Å²) in [5, 5.41) is 0. The normalized spacial score (nSPS) is 16.0. The lowest BCUT2D eigenvalue weighted by molar-refractivity contribution is 0.240. The Kier molecular flexibility index (Phi) is 10.4. The Morgan fingerprint density at radius 2 is 1.09 bits per heavy atom. The molecule has 0 spiro atoms. The van der Waals surface area contributed by atoms with E-state index in [0.717, 1.165) is 46.7 Å². The number of nitrogens with two attached hydrogens (primary N) is 2. The fourth-order valence-electron chi connectivity index (χ4n) is 7.45. The van der Waals surface area contributed by atoms with Crippen LogP contribution in [-0.2, 0) is 5.41 Å². The predicted octanol–water partition coefficient (Wildman–Crippen LogP) is 11.5. The van der Waals surface area contributed by atoms with Crippen LogP contribution in [0.25, 0.3) is 0 Å². The number of nitrogen functional groups attached to an aromatic ring is 2. The largest absolute Gasteiger partial charge is 0.457 e. The van der Waals surface area contributed by atoms with Crippen LogP contribution in [0.15, 0.2) is 72.8 Å². The van der Waals surface area contributed by atoms with Crippen molar-refractivity contribution < 1.29 is 9.47 Å². The first kappa shape index (κ1) is 32.5. The van der Waals surface area contributed by atoms with Crippen LogP contribution in [-0.4, -0.2) is 0 Å². The van der Waals surface area contributed by atoms with E-state index in [9.17, 15) is 0 Å². The molecule has 0 bridgehead atoms. The standard InChI is InChI=1S/C41H52N2O2/c1-6-7-8-9-10-12-32-13-11-22-41(27-32,33-23-28(2)39(29(3)24-33)44-37-18-14-35(42)15-19-37)34-25-30(4)40(31(5)26-34)45-38-20-16-36(43)17-21-38/h14-21,23-26,32H,6-13,22,27,42-43H2,1-5H3. The maximum atomic E-state index is 6.42. The van der Waals surface area contributed by atoms with Crippen LogP contribution in [0.2, 0.25) is 0 Å². The highest BCUT2D eigenvalue weighted by molar-refractivity contribution is 5.55. The Balaban J connectivity index is 1.51. The number of rotatable bonds is 12. The summed E-state index contributed by atoms with van der Waals surface area (Å²) in [7, 11) is 0. The van der Waals surface area contributed by atoms with Gasteiger partial charge in [0.05, 0.1) is 0 Å². The monoisotopic (exact) mass is 604 g/mol. The minimum atomic E-state index is -0.0587. The first-order chi connectivity index (χ1) is 21.7. The zero-order valence-electron chi connectivity index (χ0n) is 28.0. The second-order valence-corrected chi connectivity index (χ2v) is 13.5. The van der Waals surface area contributed by atoms with Gasteiger partial charge in [-0.2, -0.15) is 0 Å². The second kappa shape index (κ2) is 14.5. The number of hydrogen-bond donors (Lipinski definition) is 2. The van der Waals surface area contributed by atoms with Gasteiger partial charge in [0, 0.05) is 16.8 Å². The maximum absolute atomic E-state index is 6.42. The Morgan fingerprint density at radius 3 is 1.53 bits per heavy atom. The molecule has 4 aromatic rings. The molecule has 0 radical (unpaired) electrons. The summed E-state index contributed by atoms with van der Waals surface area (Å²) in [6.07, 6.45) is 12.9. The molecular weight excluding hydrogens is 552 g/mol. The van der Waals surface area contributed by atoms with Gasteiger partial charge in [0.15, 0.2) is 0 Å². The lowest BCUT2D eigenvalue weighted by atomic mass is 9.61. The van der Waals surface area contributed by atoms with Gasteiger partial charge in [-0.1, -0.05) is 82.6 Å². The molecule has 1 aliphatic rings. The molecular formula is C41H52N2O2. The SMILES string of the molecule is CCCCCCCC1CCCC(c2cc(C)c(Oc3ccc(N)cc3)c(C)c2)(c2cc(C)c(Oc3ccc(N)cc3)c(C)c2)C1. The van der Waals surface area contributed by atoms with Gasteiger partial charge in [0.25, 0.3) is 0 Å². The van der Waals surface area contributed by atoms with Crippen molar-refractivity contribution >= 4 is 11.4 Å². The van der Waals surface area contributed by atoms with Gasteiger partial charge in [-0.15, -0.1) is 0 Å². The minimum absolute atomic E-state index is 0.0587. The molecule has 1 saturated carbocycles. The average molecular weight is 605 g/mol. The summed E-state index contributed by atoms with van der Waals surface area (Å²) in [6.45, 7) is 11.0. The lowest BCUT2D eigenvalue weighted by Crippen LogP contribution is -2.35. The molecule has 4 heteroatoms. The van der Waals surface area contributed by atoms with Crippen molar-refractivity contribution in [3.05, 3.63) is 106 Å². The van der Waals surface area contributed by atoms with E-state index in [1.54, 1.807) is 0 Å². The van der Waals surface area contributed by atoms with Gasteiger partial charge in [0.1, 0.15) is 23.0 Å². The molecule has 0 saturated heterocycles. The van der Waals surface area contributed by atoms with Crippen LogP contribution in [0, 0.1) is 33.6 Å². The summed E-state index contributed by atoms with van der Waals surface area (Å²) >= 11 is 0. The molecule has 5 rings (SSSR count). The van der Waals surface area contributed by atoms with Crippen molar-refractivity contribution in [1.29, 1.82) is 0 Å². The van der Waals surface area contributed by atoms with Crippen LogP contribution in [0.1, 0.15) is 105 Å². The Bertz CT molecular complexity index is 1420. The Labute approximate surface area is 271 Å². The van der Waals surface area contributed by atoms with Crippen molar-refractivity contribution in [1.82, 2.24) is 0 Å². The van der Waals surface area contributed by atoms with Gasteiger partial charge in [-0.25, -0.2) is 0 Å². The molecule has 4 N–H and O–H groups in total. The van der Waals surface area contributed by atoms with E-state index in [1.165, 1.54) is 91.2 Å². The van der Waals surface area contributed by atoms with Gasteiger partial charge < -0.3 is 20.9 Å². The van der Waals surface area contributed by atoms with Gasteiger partial charge in [-0.05, 0) is 128 Å². The summed E-state index contributed by atoms with van der Waals surface area (Å²) in [5.41, 5.74) is 20.7. The predicted molar refractivity (Wildman–Crippen MR) is 190 cm³/mol. The molecule has 1 unspecified atom stereocenters. The van der Waals surface area contributed by atoms with E-state index < -0.39 is 0 Å². The third-order valence-electron chi connectivity index (χ3n) is 9.79. The summed E-state index contributed by atoms with van der Waals surface area (Å²) in [5.74, 6) is 4.20. The summed E-state index contributed by atoms with van der Waals surface area (Å²) in [6, 6.07) is 24.9. The number of aryl methyl sites for hydroxylation is 4. The highest BCUT2D eigenvalue weighted by Gasteiger charge is 2.40. The van der Waals surface area contributed by atoms with Crippen molar-refractivity contribution in [3.8, 4) is 23.0 Å². The van der Waals surface area contributed by atoms with Crippen LogP contribution in [0.3, 0.4) is 0 Å². The summed E-state index contributed by atoms with van der Waals surface area (Å²) < 4.78 is 12.8. The molecule has 4 aromatic carbocycles. The van der Waals surface area contributed by atoms with Crippen molar-refractivity contribution in [2.24, 2.45) is 5.92 Å². The van der Waals surface area contributed by atoms with Crippen LogP contribution in [0.4, 0.5) is 11.4 Å². The number of unbranched alkanes of at least 4 members (excludes halogenated alkanes) is 4. The smallest absolute Gasteiger partial charge is 0.133 e. The molecule has 0 aliphatic heterocycles. The molecule has 1 fully saturated rings. The summed E-state index contributed by atoms with van der Waals surface area (Å²) in [4.78, 5) is 0. The first-order valence-electron chi connectivity index (χ1n) is 17.0. The second-order valence-electron chi connectivity index (χ2n) is 13.5. The molecule has 1 atom stereocenters. The fourth-order valence-corrected chi connectivity index (χ4v) is 7.45. The van der Waals surface area contributed by atoms with E-state index in [-0.39, 0.29) is 5.41 Å². The van der Waals surface area contributed by atoms with Crippen molar-refractivity contribution in [3.63, 3.8) is 0 Å². The van der Waals surface area contributed by atoms with E-state index in [1.807, 2.05) is 48.5 Å². The molecule has 45 heavy (non-hydrogen) atoms. The van der Waals surface area contributed by atoms with E-state index in [2.05, 4.69) is 58.9 Å². The average Bonchev–Trinajstić information content (AvgIpc) is 3.02. The Morgan fingerprint density at radius 1 is 0.644 bits per heavy atom. The van der Waals surface area contributed by atoms with Gasteiger partial charge in [-0.3, -0.25) is 0 Å². The van der Waals surface area contributed by atoms with Crippen LogP contribution < -0.4 is 20.9 Å². The Hall–Kier alpha value is -3.92. The first-order valence-corrected chi connectivity index (χ1v) is 17.0. The fraction of sp³-hybridized carbons (Fsp3) is 0.415. The minimum Gasteiger partial charge on any atom is -0.457 e. The van der Waals surface area contributed by atoms with Crippen LogP contribution >= 0.6 is 0 Å². The third kappa shape index (κ3) is 7.66. The molecule has 0 amide bonds. The lowest BCUT2D eigenvalue weighted by Gasteiger charge is -2.43. The number of benzene rings is 4. The van der Waals surface area contributed by atoms with Gasteiger partial charge in [0.2, 0.25) is 0 Å². The molecule has 238 valence electrons. The van der Waals surface area contributed by atoms with E-state index >= 15 is 0 Å². The number of hydrogen-bond acceptors (Lipinski definition) is 4. The topological polar surface area (TPSA) is 70.5 Å². The molecule has 4 nitrogen and oxygen atoms in total. The van der Waals surface area contributed by atoms with E-state index in [4.69, 9.17) is 20.9 Å². The van der Waals surface area contributed by atoms with Gasteiger partial charge >= 0.3 is 0 Å². The maximum Gasteiger partial charge on any atom is 0.133 e. The van der Waals surface area contributed by atoms with E-state index in [0.29, 0.717) is 0 Å². The molecule has 0 heterocycles. The quantitative estimate of drug-likeness (QED) is 0.125. The zero-order chi connectivity index (χ0) is 32.0. The van der Waals surface area contributed by atoms with Crippen LogP contribution in [0.5, 0.6) is 23.0 Å². The number of ether oxygens (including phenoxy) is 2. The molecule has 0 aromatic heterocycles. The van der Waals surface area contributed by atoms with Crippen molar-refractivity contribution in [2.75, 3.05) is 11.5 Å². The zero-order valence-corrected chi connectivity index (χ0v) is 28.0. The molecule has 1 aliphatic carbocycles. The highest BCUT2D eigenvalue weighted by Crippen LogP contribution is 2.51. The van der Waals surface area contributed by atoms with Crippen molar-refractivity contribution in [2.45, 2.75) is 104 Å². The highest BCUT2D eigenvalue weighted by atomic mass is 16.5. The number of anilines is 2. The third-order valence-corrected chi connectivity index (χ3v) is 9.79.